The first-order valence-electron chi connectivity index (χ1n) is 4.61. The Morgan fingerprint density at radius 3 is 3.00 bits per heavy atom. The fourth-order valence-corrected chi connectivity index (χ4v) is 2.57. The van der Waals surface area contributed by atoms with Crippen LogP contribution in [0.1, 0.15) is 0 Å². The molecule has 0 spiro atoms. The van der Waals surface area contributed by atoms with Gasteiger partial charge in [0.1, 0.15) is 12.5 Å². The molecule has 1 aromatic carbocycles. The van der Waals surface area contributed by atoms with Gasteiger partial charge in [0.25, 0.3) is 0 Å². The van der Waals surface area contributed by atoms with Crippen molar-refractivity contribution in [2.45, 2.75) is 0 Å². The lowest BCUT2D eigenvalue weighted by atomic mass is 10.2. The van der Waals surface area contributed by atoms with Crippen LogP contribution in [0, 0.1) is 0 Å². The summed E-state index contributed by atoms with van der Waals surface area (Å²) in [6, 6.07) is 3.53. The Kier molecular flexibility index (Phi) is 3.62. The first-order chi connectivity index (χ1) is 7.63. The average Bonchev–Trinajstić information content (AvgIpc) is 2.27. The van der Waals surface area contributed by atoms with Gasteiger partial charge in [-0.05, 0) is 12.1 Å². The molecule has 3 nitrogen and oxygen atoms in total. The molecule has 1 aliphatic rings. The summed E-state index contributed by atoms with van der Waals surface area (Å²) in [5.74, 6) is 0.332. The van der Waals surface area contributed by atoms with Gasteiger partial charge in [0, 0.05) is 4.47 Å². The maximum Gasteiger partial charge on any atom is 0.242 e. The quantitative estimate of drug-likeness (QED) is 0.743. The van der Waals surface area contributed by atoms with Crippen LogP contribution in [0.15, 0.2) is 16.6 Å². The molecule has 0 radical (unpaired) electrons. The van der Waals surface area contributed by atoms with Crippen molar-refractivity contribution in [2.75, 3.05) is 23.9 Å². The minimum Gasteiger partial charge on any atom is -0.488 e. The Labute approximate surface area is 111 Å². The van der Waals surface area contributed by atoms with Crippen LogP contribution in [-0.4, -0.2) is 24.9 Å². The maximum absolute atomic E-state index is 11.6. The fourth-order valence-electron chi connectivity index (χ4n) is 1.58. The van der Waals surface area contributed by atoms with Gasteiger partial charge in [-0.2, -0.15) is 0 Å². The van der Waals surface area contributed by atoms with E-state index < -0.39 is 0 Å². The van der Waals surface area contributed by atoms with Crippen LogP contribution in [0.2, 0.25) is 5.02 Å². The number of hydrogen-bond acceptors (Lipinski definition) is 2. The van der Waals surface area contributed by atoms with E-state index >= 15 is 0 Å². The standard InChI is InChI=1S/C10H8BrCl2NO2/c11-6-3-7(13)10-8(4-6)14(1-2-16-10)9(15)5-12/h3-4H,1-2,5H2. The highest BCUT2D eigenvalue weighted by Crippen LogP contribution is 2.40. The summed E-state index contributed by atoms with van der Waals surface area (Å²) in [4.78, 5) is 13.2. The number of carbonyl (C=O) groups excluding carboxylic acids is 1. The van der Waals surface area contributed by atoms with Gasteiger partial charge in [0.2, 0.25) is 5.91 Å². The fraction of sp³-hybridized carbons (Fsp3) is 0.300. The van der Waals surface area contributed by atoms with E-state index in [2.05, 4.69) is 15.9 Å². The monoisotopic (exact) mass is 323 g/mol. The number of benzene rings is 1. The molecule has 86 valence electrons. The molecular weight excluding hydrogens is 317 g/mol. The van der Waals surface area contributed by atoms with E-state index in [0.717, 1.165) is 4.47 Å². The minimum absolute atomic E-state index is 0.0520. The molecule has 2 rings (SSSR count). The number of hydrogen-bond donors (Lipinski definition) is 0. The van der Waals surface area contributed by atoms with Gasteiger partial charge in [0.15, 0.2) is 5.75 Å². The predicted octanol–water partition coefficient (Wildman–Crippen LogP) is 3.07. The van der Waals surface area contributed by atoms with E-state index in [1.807, 2.05) is 0 Å². The molecule has 1 aromatic rings. The number of fused-ring (bicyclic) bond motifs is 1. The van der Waals surface area contributed by atoms with Crippen LogP contribution in [-0.2, 0) is 4.79 Å². The third kappa shape index (κ3) is 2.14. The van der Waals surface area contributed by atoms with Crippen LogP contribution in [0.5, 0.6) is 5.75 Å². The van der Waals surface area contributed by atoms with Crippen molar-refractivity contribution in [3.8, 4) is 5.75 Å². The zero-order valence-electron chi connectivity index (χ0n) is 8.17. The van der Waals surface area contributed by atoms with Gasteiger partial charge in [-0.15, -0.1) is 11.6 Å². The third-order valence-electron chi connectivity index (χ3n) is 2.26. The second kappa shape index (κ2) is 4.82. The van der Waals surface area contributed by atoms with Crippen molar-refractivity contribution in [1.29, 1.82) is 0 Å². The molecule has 0 saturated heterocycles. The molecule has 0 fully saturated rings. The Morgan fingerprint density at radius 1 is 1.56 bits per heavy atom. The number of amides is 1. The number of nitrogens with zero attached hydrogens (tertiary/aromatic N) is 1. The second-order valence-corrected chi connectivity index (χ2v) is 4.85. The van der Waals surface area contributed by atoms with E-state index in [-0.39, 0.29) is 11.8 Å². The molecule has 0 atom stereocenters. The topological polar surface area (TPSA) is 29.5 Å². The highest BCUT2D eigenvalue weighted by molar-refractivity contribution is 9.10. The Hall–Kier alpha value is -0.450. The molecule has 0 unspecified atom stereocenters. The number of rotatable bonds is 1. The molecule has 6 heteroatoms. The smallest absolute Gasteiger partial charge is 0.242 e. The van der Waals surface area contributed by atoms with Crippen molar-refractivity contribution in [2.24, 2.45) is 0 Å². The summed E-state index contributed by atoms with van der Waals surface area (Å²) < 4.78 is 6.24. The summed E-state index contributed by atoms with van der Waals surface area (Å²) in [7, 11) is 0. The van der Waals surface area contributed by atoms with Crippen LogP contribution >= 0.6 is 39.1 Å². The summed E-state index contributed by atoms with van der Waals surface area (Å²) in [6.45, 7) is 0.919. The summed E-state index contributed by atoms with van der Waals surface area (Å²) >= 11 is 14.9. The van der Waals surface area contributed by atoms with Crippen molar-refractivity contribution in [3.05, 3.63) is 21.6 Å². The molecule has 1 heterocycles. The van der Waals surface area contributed by atoms with Gasteiger partial charge in [-0.1, -0.05) is 27.5 Å². The molecule has 16 heavy (non-hydrogen) atoms. The number of ether oxygens (including phenoxy) is 1. The number of carbonyl (C=O) groups is 1. The SMILES string of the molecule is O=C(CCl)N1CCOc2c(Cl)cc(Br)cc21. The van der Waals surface area contributed by atoms with Gasteiger partial charge >= 0.3 is 0 Å². The molecular formula is C10H8BrCl2NO2. The molecule has 0 aromatic heterocycles. The maximum atomic E-state index is 11.6. The largest absolute Gasteiger partial charge is 0.488 e. The van der Waals surface area contributed by atoms with Crippen molar-refractivity contribution in [3.63, 3.8) is 0 Å². The summed E-state index contributed by atoms with van der Waals surface area (Å²) in [6.07, 6.45) is 0. The molecule has 0 bridgehead atoms. The van der Waals surface area contributed by atoms with Crippen LogP contribution in [0.25, 0.3) is 0 Å². The van der Waals surface area contributed by atoms with Crippen LogP contribution in [0.3, 0.4) is 0 Å². The summed E-state index contributed by atoms with van der Waals surface area (Å²) in [5, 5.41) is 0.483. The molecule has 1 aliphatic heterocycles. The zero-order chi connectivity index (χ0) is 11.7. The van der Waals surface area contributed by atoms with Gasteiger partial charge < -0.3 is 9.64 Å². The van der Waals surface area contributed by atoms with E-state index in [4.69, 9.17) is 27.9 Å². The number of halogens is 3. The second-order valence-electron chi connectivity index (χ2n) is 3.26. The Bertz CT molecular complexity index is 439. The summed E-state index contributed by atoms with van der Waals surface area (Å²) in [5.41, 5.74) is 0.663. The Balaban J connectivity index is 2.49. The van der Waals surface area contributed by atoms with E-state index in [1.54, 1.807) is 17.0 Å². The van der Waals surface area contributed by atoms with Gasteiger partial charge in [-0.25, -0.2) is 0 Å². The lowest BCUT2D eigenvalue weighted by Crippen LogP contribution is -2.38. The first kappa shape index (κ1) is 12.0. The van der Waals surface area contributed by atoms with Gasteiger partial charge in [-0.3, -0.25) is 4.79 Å². The van der Waals surface area contributed by atoms with Crippen LogP contribution < -0.4 is 9.64 Å². The normalized spacial score (nSPS) is 14.3. The lowest BCUT2D eigenvalue weighted by Gasteiger charge is -2.29. The number of alkyl halides is 1. The minimum atomic E-state index is -0.152. The molecule has 0 saturated carbocycles. The number of anilines is 1. The third-order valence-corrected chi connectivity index (χ3v) is 3.22. The highest BCUT2D eigenvalue weighted by Gasteiger charge is 2.25. The molecule has 1 amide bonds. The molecule has 0 aliphatic carbocycles. The van der Waals surface area contributed by atoms with Crippen LogP contribution in [0.4, 0.5) is 5.69 Å². The Morgan fingerprint density at radius 2 is 2.31 bits per heavy atom. The van der Waals surface area contributed by atoms with Crippen molar-refractivity contribution >= 4 is 50.7 Å². The van der Waals surface area contributed by atoms with E-state index in [0.29, 0.717) is 29.6 Å². The van der Waals surface area contributed by atoms with Crippen molar-refractivity contribution < 1.29 is 9.53 Å². The molecule has 0 N–H and O–H groups in total. The van der Waals surface area contributed by atoms with E-state index in [9.17, 15) is 4.79 Å². The highest BCUT2D eigenvalue weighted by atomic mass is 79.9. The average molecular weight is 325 g/mol. The van der Waals surface area contributed by atoms with E-state index in [1.165, 1.54) is 0 Å². The predicted molar refractivity (Wildman–Crippen MR) is 67.7 cm³/mol. The van der Waals surface area contributed by atoms with Crippen molar-refractivity contribution in [1.82, 2.24) is 0 Å². The first-order valence-corrected chi connectivity index (χ1v) is 6.32. The zero-order valence-corrected chi connectivity index (χ0v) is 11.3. The lowest BCUT2D eigenvalue weighted by molar-refractivity contribution is -0.116. The van der Waals surface area contributed by atoms with Gasteiger partial charge in [0.05, 0.1) is 17.3 Å².